The Morgan fingerprint density at radius 3 is 2.35 bits per heavy atom. The van der Waals surface area contributed by atoms with E-state index in [-0.39, 0.29) is 0 Å². The predicted molar refractivity (Wildman–Crippen MR) is 74.2 cm³/mol. The molecule has 1 aliphatic rings. The van der Waals surface area contributed by atoms with Crippen molar-refractivity contribution < 1.29 is 4.74 Å². The lowest BCUT2D eigenvalue weighted by Gasteiger charge is -2.34. The zero-order chi connectivity index (χ0) is 12.7. The third kappa shape index (κ3) is 4.97. The molecule has 1 N–H and O–H groups in total. The summed E-state index contributed by atoms with van der Waals surface area (Å²) in [4.78, 5) is 0. The van der Waals surface area contributed by atoms with E-state index in [0.717, 1.165) is 18.4 Å². The molecule has 2 nitrogen and oxygen atoms in total. The van der Waals surface area contributed by atoms with Crippen LogP contribution in [0, 0.1) is 17.8 Å². The number of ether oxygens (including phenoxy) is 1. The van der Waals surface area contributed by atoms with Gasteiger partial charge in [-0.2, -0.15) is 0 Å². The van der Waals surface area contributed by atoms with Crippen molar-refractivity contribution in [2.75, 3.05) is 20.8 Å². The van der Waals surface area contributed by atoms with Crippen LogP contribution in [0.2, 0.25) is 0 Å². The third-order valence-corrected chi connectivity index (χ3v) is 4.52. The second-order valence-electron chi connectivity index (χ2n) is 5.88. The third-order valence-electron chi connectivity index (χ3n) is 4.52. The summed E-state index contributed by atoms with van der Waals surface area (Å²) >= 11 is 0. The molecular formula is C15H31NO. The Morgan fingerprint density at radius 1 is 1.24 bits per heavy atom. The van der Waals surface area contributed by atoms with E-state index in [1.807, 2.05) is 0 Å². The summed E-state index contributed by atoms with van der Waals surface area (Å²) in [7, 11) is 3.92. The molecule has 1 fully saturated rings. The SMILES string of the molecule is CCC1CCC(C(CC(C)COC)NC)CC1. The number of nitrogens with one attached hydrogen (secondary N) is 1. The Bertz CT molecular complexity index is 187. The second-order valence-corrected chi connectivity index (χ2v) is 5.88. The van der Waals surface area contributed by atoms with Crippen LogP contribution in [0.25, 0.3) is 0 Å². The molecule has 0 saturated heterocycles. The smallest absolute Gasteiger partial charge is 0.0488 e. The minimum absolute atomic E-state index is 0.668. The predicted octanol–water partition coefficient (Wildman–Crippen LogP) is 3.46. The highest BCUT2D eigenvalue weighted by atomic mass is 16.5. The quantitative estimate of drug-likeness (QED) is 0.737. The monoisotopic (exact) mass is 241 g/mol. The number of hydrogen-bond acceptors (Lipinski definition) is 2. The molecule has 1 rings (SSSR count). The van der Waals surface area contributed by atoms with Gasteiger partial charge in [-0.05, 0) is 44.1 Å². The summed E-state index contributed by atoms with van der Waals surface area (Å²) in [5.41, 5.74) is 0. The van der Waals surface area contributed by atoms with Crippen molar-refractivity contribution in [2.45, 2.75) is 58.4 Å². The lowest BCUT2D eigenvalue weighted by atomic mass is 9.76. The van der Waals surface area contributed by atoms with Crippen molar-refractivity contribution >= 4 is 0 Å². The first-order chi connectivity index (χ1) is 8.21. The van der Waals surface area contributed by atoms with Gasteiger partial charge in [0.1, 0.15) is 0 Å². The zero-order valence-corrected chi connectivity index (χ0v) is 12.2. The molecule has 0 bridgehead atoms. The fraction of sp³-hybridized carbons (Fsp3) is 1.00. The Hall–Kier alpha value is -0.0800. The maximum atomic E-state index is 5.24. The van der Waals surface area contributed by atoms with Crippen LogP contribution in [0.15, 0.2) is 0 Å². The van der Waals surface area contributed by atoms with Gasteiger partial charge in [0.25, 0.3) is 0 Å². The minimum atomic E-state index is 0.668. The molecule has 2 atom stereocenters. The van der Waals surface area contributed by atoms with Gasteiger partial charge in [-0.3, -0.25) is 0 Å². The molecule has 0 spiro atoms. The molecule has 0 heterocycles. The van der Waals surface area contributed by atoms with Crippen LogP contribution in [0.5, 0.6) is 0 Å². The van der Waals surface area contributed by atoms with Gasteiger partial charge in [0, 0.05) is 19.8 Å². The highest BCUT2D eigenvalue weighted by molar-refractivity contribution is 4.82. The Labute approximate surface area is 108 Å². The molecule has 1 aliphatic carbocycles. The first-order valence-electron chi connectivity index (χ1n) is 7.37. The first kappa shape index (κ1) is 15.0. The standard InChI is InChI=1S/C15H31NO/c1-5-13-6-8-14(9-7-13)15(16-3)10-12(2)11-17-4/h12-16H,5-11H2,1-4H3. The maximum absolute atomic E-state index is 5.24. The van der Waals surface area contributed by atoms with Gasteiger partial charge < -0.3 is 10.1 Å². The Morgan fingerprint density at radius 2 is 1.88 bits per heavy atom. The molecule has 0 aromatic heterocycles. The highest BCUT2D eigenvalue weighted by Crippen LogP contribution is 2.33. The van der Waals surface area contributed by atoms with Crippen LogP contribution in [0.4, 0.5) is 0 Å². The van der Waals surface area contributed by atoms with Crippen molar-refractivity contribution in [1.82, 2.24) is 5.32 Å². The summed E-state index contributed by atoms with van der Waals surface area (Å²) in [6.45, 7) is 5.52. The molecule has 0 aromatic rings. The summed E-state index contributed by atoms with van der Waals surface area (Å²) in [6.07, 6.45) is 8.35. The normalized spacial score (nSPS) is 28.9. The molecule has 102 valence electrons. The highest BCUT2D eigenvalue weighted by Gasteiger charge is 2.26. The van der Waals surface area contributed by atoms with Crippen LogP contribution >= 0.6 is 0 Å². The Kier molecular flexibility index (Phi) is 7.14. The van der Waals surface area contributed by atoms with Crippen molar-refractivity contribution in [3.63, 3.8) is 0 Å². The molecule has 17 heavy (non-hydrogen) atoms. The van der Waals surface area contributed by atoms with Crippen molar-refractivity contribution in [3.05, 3.63) is 0 Å². The van der Waals surface area contributed by atoms with Crippen molar-refractivity contribution in [3.8, 4) is 0 Å². The molecule has 0 aliphatic heterocycles. The molecule has 0 aromatic carbocycles. The van der Waals surface area contributed by atoms with Gasteiger partial charge in [-0.15, -0.1) is 0 Å². The van der Waals surface area contributed by atoms with E-state index in [1.165, 1.54) is 38.5 Å². The van der Waals surface area contributed by atoms with Gasteiger partial charge in [0.15, 0.2) is 0 Å². The molecule has 1 saturated carbocycles. The fourth-order valence-corrected chi connectivity index (χ4v) is 3.33. The van der Waals surface area contributed by atoms with E-state index >= 15 is 0 Å². The van der Waals surface area contributed by atoms with E-state index in [4.69, 9.17) is 4.74 Å². The average molecular weight is 241 g/mol. The Balaban J connectivity index is 2.35. The lowest BCUT2D eigenvalue weighted by Crippen LogP contribution is -2.37. The van der Waals surface area contributed by atoms with Gasteiger partial charge in [0.2, 0.25) is 0 Å². The summed E-state index contributed by atoms with van der Waals surface area (Å²) in [5, 5.41) is 3.54. The van der Waals surface area contributed by atoms with Gasteiger partial charge in [-0.25, -0.2) is 0 Å². The molecule has 2 heteroatoms. The van der Waals surface area contributed by atoms with E-state index < -0.39 is 0 Å². The molecular weight excluding hydrogens is 210 g/mol. The van der Waals surface area contributed by atoms with Crippen LogP contribution in [0.3, 0.4) is 0 Å². The molecule has 0 amide bonds. The maximum Gasteiger partial charge on any atom is 0.0488 e. The summed E-state index contributed by atoms with van der Waals surface area (Å²) in [6, 6.07) is 0.693. The topological polar surface area (TPSA) is 21.3 Å². The first-order valence-corrected chi connectivity index (χ1v) is 7.37. The van der Waals surface area contributed by atoms with Gasteiger partial charge >= 0.3 is 0 Å². The number of rotatable bonds is 7. The van der Waals surface area contributed by atoms with Gasteiger partial charge in [0.05, 0.1) is 0 Å². The number of hydrogen-bond donors (Lipinski definition) is 1. The summed E-state index contributed by atoms with van der Waals surface area (Å²) in [5.74, 6) is 2.56. The van der Waals surface area contributed by atoms with E-state index in [0.29, 0.717) is 12.0 Å². The largest absolute Gasteiger partial charge is 0.384 e. The zero-order valence-electron chi connectivity index (χ0n) is 12.2. The van der Waals surface area contributed by atoms with E-state index in [1.54, 1.807) is 7.11 Å². The average Bonchev–Trinajstić information content (AvgIpc) is 2.36. The lowest BCUT2D eigenvalue weighted by molar-refractivity contribution is 0.134. The second kappa shape index (κ2) is 8.10. The van der Waals surface area contributed by atoms with Crippen LogP contribution in [0.1, 0.15) is 52.4 Å². The van der Waals surface area contributed by atoms with Crippen LogP contribution < -0.4 is 5.32 Å². The van der Waals surface area contributed by atoms with Crippen molar-refractivity contribution in [2.24, 2.45) is 17.8 Å². The summed E-state index contributed by atoms with van der Waals surface area (Å²) < 4.78 is 5.24. The van der Waals surface area contributed by atoms with Gasteiger partial charge in [-0.1, -0.05) is 33.1 Å². The van der Waals surface area contributed by atoms with Crippen LogP contribution in [-0.2, 0) is 4.74 Å². The number of methoxy groups -OCH3 is 1. The minimum Gasteiger partial charge on any atom is -0.384 e. The van der Waals surface area contributed by atoms with E-state index in [9.17, 15) is 0 Å². The molecule has 2 unspecified atom stereocenters. The molecule has 0 radical (unpaired) electrons. The fourth-order valence-electron chi connectivity index (χ4n) is 3.33. The van der Waals surface area contributed by atoms with Crippen molar-refractivity contribution in [1.29, 1.82) is 0 Å². The van der Waals surface area contributed by atoms with Crippen LogP contribution in [-0.4, -0.2) is 26.8 Å². The van der Waals surface area contributed by atoms with E-state index in [2.05, 4.69) is 26.2 Å².